The molecule has 3 rings (SSSR count). The predicted octanol–water partition coefficient (Wildman–Crippen LogP) is 2.51. The standard InChI is InChI=1S/C16H16N3O4P/c1-22-14-5-12-13(6-15(14)23-2)18-9-19-16(12)10-3-4-11(17-7-10)8-24(20)21/h3-7,9,20-21H,8H2,1-2H3. The van der Waals surface area contributed by atoms with Crippen LogP contribution in [0.4, 0.5) is 0 Å². The summed E-state index contributed by atoms with van der Waals surface area (Å²) in [5.74, 6) is 1.19. The van der Waals surface area contributed by atoms with Gasteiger partial charge in [-0.3, -0.25) is 4.98 Å². The van der Waals surface area contributed by atoms with E-state index in [0.717, 1.165) is 22.2 Å². The van der Waals surface area contributed by atoms with Crippen LogP contribution < -0.4 is 9.47 Å². The van der Waals surface area contributed by atoms with Gasteiger partial charge in [0.05, 0.1) is 31.6 Å². The molecule has 7 nitrogen and oxygen atoms in total. The average Bonchev–Trinajstić information content (AvgIpc) is 2.60. The molecular formula is C16H16N3O4P. The summed E-state index contributed by atoms with van der Waals surface area (Å²) in [7, 11) is 1.15. The Labute approximate surface area is 139 Å². The number of methoxy groups -OCH3 is 2. The van der Waals surface area contributed by atoms with Crippen molar-refractivity contribution in [1.82, 2.24) is 15.0 Å². The van der Waals surface area contributed by atoms with Gasteiger partial charge in [-0.2, -0.15) is 0 Å². The number of nitrogens with zero attached hydrogens (tertiary/aromatic N) is 3. The lowest BCUT2D eigenvalue weighted by molar-refractivity contribution is 0.356. The van der Waals surface area contributed by atoms with E-state index < -0.39 is 8.38 Å². The second-order valence-electron chi connectivity index (χ2n) is 5.02. The minimum atomic E-state index is -2.00. The molecule has 3 aromatic rings. The van der Waals surface area contributed by atoms with Gasteiger partial charge in [-0.15, -0.1) is 0 Å². The largest absolute Gasteiger partial charge is 0.493 e. The smallest absolute Gasteiger partial charge is 0.171 e. The molecule has 0 unspecified atom stereocenters. The van der Waals surface area contributed by atoms with Gasteiger partial charge in [0.25, 0.3) is 0 Å². The Morgan fingerprint density at radius 2 is 1.75 bits per heavy atom. The van der Waals surface area contributed by atoms with Crippen LogP contribution in [0.1, 0.15) is 5.69 Å². The van der Waals surface area contributed by atoms with E-state index in [-0.39, 0.29) is 6.16 Å². The quantitative estimate of drug-likeness (QED) is 0.686. The molecular weight excluding hydrogens is 329 g/mol. The summed E-state index contributed by atoms with van der Waals surface area (Å²) in [6, 6.07) is 7.23. The molecule has 124 valence electrons. The Kier molecular flexibility index (Phi) is 4.85. The molecule has 0 spiro atoms. The van der Waals surface area contributed by atoms with Gasteiger partial charge in [0.15, 0.2) is 19.9 Å². The Bertz CT molecular complexity index is 856. The second kappa shape index (κ2) is 7.05. The van der Waals surface area contributed by atoms with Crippen molar-refractivity contribution in [2.24, 2.45) is 0 Å². The van der Waals surface area contributed by atoms with E-state index in [9.17, 15) is 0 Å². The van der Waals surface area contributed by atoms with Crippen LogP contribution in [0.2, 0.25) is 0 Å². The number of hydrogen-bond acceptors (Lipinski definition) is 7. The summed E-state index contributed by atoms with van der Waals surface area (Å²) in [6.45, 7) is 0. The molecule has 24 heavy (non-hydrogen) atoms. The summed E-state index contributed by atoms with van der Waals surface area (Å²) in [6.07, 6.45) is 3.29. The van der Waals surface area contributed by atoms with E-state index >= 15 is 0 Å². The van der Waals surface area contributed by atoms with Crippen molar-refractivity contribution < 1.29 is 19.3 Å². The maximum absolute atomic E-state index is 9.07. The van der Waals surface area contributed by atoms with E-state index in [1.165, 1.54) is 6.33 Å². The van der Waals surface area contributed by atoms with Crippen molar-refractivity contribution in [1.29, 1.82) is 0 Å². The molecule has 0 aliphatic carbocycles. The molecule has 1 aromatic carbocycles. The first-order valence-electron chi connectivity index (χ1n) is 7.09. The summed E-state index contributed by atoms with van der Waals surface area (Å²) in [5.41, 5.74) is 2.87. The molecule has 2 aromatic heterocycles. The summed E-state index contributed by atoms with van der Waals surface area (Å²) >= 11 is 0. The number of hydrogen-bond donors (Lipinski definition) is 2. The maximum atomic E-state index is 9.07. The highest BCUT2D eigenvalue weighted by Gasteiger charge is 2.13. The number of benzene rings is 1. The van der Waals surface area contributed by atoms with E-state index in [2.05, 4.69) is 15.0 Å². The van der Waals surface area contributed by atoms with Gasteiger partial charge >= 0.3 is 0 Å². The van der Waals surface area contributed by atoms with Crippen molar-refractivity contribution >= 4 is 19.3 Å². The maximum Gasteiger partial charge on any atom is 0.171 e. The van der Waals surface area contributed by atoms with Crippen LogP contribution >= 0.6 is 8.38 Å². The molecule has 0 bridgehead atoms. The zero-order valence-electron chi connectivity index (χ0n) is 13.2. The molecule has 2 heterocycles. The van der Waals surface area contributed by atoms with Crippen LogP contribution in [0.3, 0.4) is 0 Å². The first kappa shape index (κ1) is 16.5. The second-order valence-corrected chi connectivity index (χ2v) is 6.08. The van der Waals surface area contributed by atoms with Crippen LogP contribution in [0.15, 0.2) is 36.8 Å². The third-order valence-electron chi connectivity index (χ3n) is 3.54. The van der Waals surface area contributed by atoms with Crippen LogP contribution in [0.25, 0.3) is 22.2 Å². The van der Waals surface area contributed by atoms with Gasteiger partial charge in [-0.25, -0.2) is 9.97 Å². The number of aromatic nitrogens is 3. The molecule has 8 heteroatoms. The molecule has 0 fully saturated rings. The highest BCUT2D eigenvalue weighted by molar-refractivity contribution is 7.44. The van der Waals surface area contributed by atoms with Crippen LogP contribution in [0, 0.1) is 0 Å². The van der Waals surface area contributed by atoms with Crippen LogP contribution in [0.5, 0.6) is 11.5 Å². The lowest BCUT2D eigenvalue weighted by Crippen LogP contribution is -1.95. The van der Waals surface area contributed by atoms with E-state index in [1.54, 1.807) is 32.5 Å². The Hall–Kier alpha value is -2.34. The highest BCUT2D eigenvalue weighted by Crippen LogP contribution is 2.35. The lowest BCUT2D eigenvalue weighted by atomic mass is 10.1. The summed E-state index contributed by atoms with van der Waals surface area (Å²) in [5, 5.41) is 0.816. The third kappa shape index (κ3) is 3.28. The topological polar surface area (TPSA) is 97.6 Å². The number of pyridine rings is 1. The van der Waals surface area contributed by atoms with Crippen LogP contribution in [-0.4, -0.2) is 39.0 Å². The molecule has 0 amide bonds. The molecule has 0 radical (unpaired) electrons. The van der Waals surface area contributed by atoms with Crippen molar-refractivity contribution in [3.63, 3.8) is 0 Å². The van der Waals surface area contributed by atoms with Gasteiger partial charge in [0, 0.05) is 28.9 Å². The van der Waals surface area contributed by atoms with Gasteiger partial charge in [-0.05, 0) is 18.2 Å². The monoisotopic (exact) mass is 345 g/mol. The fourth-order valence-electron chi connectivity index (χ4n) is 2.42. The van der Waals surface area contributed by atoms with E-state index in [0.29, 0.717) is 17.2 Å². The SMILES string of the molecule is COc1cc2ncnc(-c3ccc(CP(O)O)nc3)c2cc1OC. The number of fused-ring (bicyclic) bond motifs is 1. The minimum absolute atomic E-state index is 0.144. The average molecular weight is 345 g/mol. The van der Waals surface area contributed by atoms with Crippen molar-refractivity contribution in [3.8, 4) is 22.8 Å². The Morgan fingerprint density at radius 1 is 1.00 bits per heavy atom. The predicted molar refractivity (Wildman–Crippen MR) is 90.9 cm³/mol. The third-order valence-corrected chi connectivity index (χ3v) is 4.15. The number of ether oxygens (including phenoxy) is 2. The fraction of sp³-hybridized carbons (Fsp3) is 0.188. The zero-order valence-corrected chi connectivity index (χ0v) is 14.1. The van der Waals surface area contributed by atoms with Gasteiger partial charge < -0.3 is 19.3 Å². The van der Waals surface area contributed by atoms with Crippen molar-refractivity contribution in [2.45, 2.75) is 6.16 Å². The van der Waals surface area contributed by atoms with Gasteiger partial charge in [0.1, 0.15) is 6.33 Å². The first-order valence-corrected chi connectivity index (χ1v) is 8.53. The molecule has 2 N–H and O–H groups in total. The normalized spacial score (nSPS) is 11.0. The Morgan fingerprint density at radius 3 is 2.38 bits per heavy atom. The lowest BCUT2D eigenvalue weighted by Gasteiger charge is -2.11. The molecule has 0 saturated heterocycles. The highest BCUT2D eigenvalue weighted by atomic mass is 31.2. The molecule has 0 saturated carbocycles. The minimum Gasteiger partial charge on any atom is -0.493 e. The summed E-state index contributed by atoms with van der Waals surface area (Å²) in [4.78, 5) is 31.0. The van der Waals surface area contributed by atoms with Crippen molar-refractivity contribution in [2.75, 3.05) is 14.2 Å². The van der Waals surface area contributed by atoms with E-state index in [4.69, 9.17) is 19.3 Å². The molecule has 0 atom stereocenters. The molecule has 0 aliphatic heterocycles. The van der Waals surface area contributed by atoms with Crippen LogP contribution in [-0.2, 0) is 6.16 Å². The zero-order chi connectivity index (χ0) is 17.1. The van der Waals surface area contributed by atoms with Gasteiger partial charge in [-0.1, -0.05) is 0 Å². The summed E-state index contributed by atoms with van der Waals surface area (Å²) < 4.78 is 10.6. The fourth-order valence-corrected chi connectivity index (χ4v) is 2.89. The van der Waals surface area contributed by atoms with Crippen molar-refractivity contribution in [3.05, 3.63) is 42.5 Å². The first-order chi connectivity index (χ1) is 11.6. The Balaban J connectivity index is 2.08. The van der Waals surface area contributed by atoms with E-state index in [1.807, 2.05) is 12.1 Å². The number of rotatable bonds is 5. The van der Waals surface area contributed by atoms with Gasteiger partial charge in [0.2, 0.25) is 0 Å². The molecule has 0 aliphatic rings.